The fraction of sp³-hybridized carbons (Fsp3) is 0.613. The summed E-state index contributed by atoms with van der Waals surface area (Å²) in [6, 6.07) is -3.05. The van der Waals surface area contributed by atoms with Crippen LogP contribution in [0.2, 0.25) is 0 Å². The zero-order valence-electron chi connectivity index (χ0n) is 27.2. The number of carbonyl (C=O) groups excluding carboxylic acids is 2. The second-order valence-corrected chi connectivity index (χ2v) is 12.0. The van der Waals surface area contributed by atoms with E-state index >= 15 is 8.78 Å². The molecule has 1 N–H and O–H groups in total. The second-order valence-electron chi connectivity index (χ2n) is 12.0. The quantitative estimate of drug-likeness (QED) is 0.549. The van der Waals surface area contributed by atoms with Gasteiger partial charge < -0.3 is 19.3 Å². The highest BCUT2D eigenvalue weighted by molar-refractivity contribution is 6.01. The SMILES string of the molecule is [2H]c1c([2H])c([2H])c(OCC(=O)[C@@]23OC(CCC)O[C@@H]2C[C@H]2[C@@H]4C[C@H](F)C5=CC(=O)C=C[C@]5(C)[C@@]4(F)[C@@H](O)C[C@@]23C)c([2H])c1[2H]. The number of aliphatic hydroxyl groups is 1. The van der Waals surface area contributed by atoms with Crippen LogP contribution in [0.1, 0.15) is 59.7 Å². The number of hydrogen-bond donors (Lipinski definition) is 1. The number of hydrogen-bond acceptors (Lipinski definition) is 6. The van der Waals surface area contributed by atoms with Crippen molar-refractivity contribution in [3.05, 3.63) is 54.0 Å². The molecule has 10 atom stereocenters. The maximum Gasteiger partial charge on any atom is 0.205 e. The van der Waals surface area contributed by atoms with Crippen molar-refractivity contribution in [2.45, 2.75) is 88.8 Å². The maximum absolute atomic E-state index is 17.6. The molecule has 3 saturated carbocycles. The van der Waals surface area contributed by atoms with Gasteiger partial charge in [0.05, 0.1) is 19.1 Å². The van der Waals surface area contributed by atoms with Gasteiger partial charge in [-0.15, -0.1) is 0 Å². The molecule has 5 aliphatic rings. The van der Waals surface area contributed by atoms with Gasteiger partial charge in [-0.2, -0.15) is 0 Å². The average molecular weight is 548 g/mol. The zero-order chi connectivity index (χ0) is 32.1. The molecule has 0 spiro atoms. The minimum atomic E-state index is -2.35. The Morgan fingerprint density at radius 3 is 2.69 bits per heavy atom. The smallest absolute Gasteiger partial charge is 0.205 e. The van der Waals surface area contributed by atoms with E-state index in [2.05, 4.69) is 0 Å². The van der Waals surface area contributed by atoms with Gasteiger partial charge in [0.2, 0.25) is 5.78 Å². The molecule has 8 heteroatoms. The first kappa shape index (κ1) is 21.3. The van der Waals surface area contributed by atoms with Crippen LogP contribution < -0.4 is 4.74 Å². The standard InChI is InChI=1S/C31H36F2O6/c1-4-8-27-38-26-15-20-21-14-23(32)22-13-18(34)11-12-28(22,2)30(21,33)24(35)16-29(20,3)31(26,39-27)25(36)17-37-19-9-6-5-7-10-19/h5-7,9-13,20-21,23-24,26-27,35H,4,8,14-17H2,1-3H3/t20-,21-,23-,24-,26+,27?,28-,29-,30-,31+/m0/s1/i5D,6D,7D,9D,10D. The van der Waals surface area contributed by atoms with Gasteiger partial charge in [0.25, 0.3) is 0 Å². The van der Waals surface area contributed by atoms with Crippen molar-refractivity contribution in [3.8, 4) is 5.75 Å². The van der Waals surface area contributed by atoms with Gasteiger partial charge in [-0.05, 0) is 68.3 Å². The lowest BCUT2D eigenvalue weighted by molar-refractivity contribution is -0.234. The third-order valence-electron chi connectivity index (χ3n) is 10.2. The first-order valence-electron chi connectivity index (χ1n) is 16.1. The number of rotatable bonds is 6. The van der Waals surface area contributed by atoms with Crippen molar-refractivity contribution in [2.24, 2.45) is 22.7 Å². The molecule has 1 aliphatic heterocycles. The Balaban J connectivity index is 1.40. The van der Waals surface area contributed by atoms with Crippen LogP contribution >= 0.6 is 0 Å². The summed E-state index contributed by atoms with van der Waals surface area (Å²) in [5.74, 6) is -3.30. The van der Waals surface area contributed by atoms with Crippen LogP contribution in [-0.4, -0.2) is 59.2 Å². The summed E-state index contributed by atoms with van der Waals surface area (Å²) >= 11 is 0. The van der Waals surface area contributed by atoms with Crippen LogP contribution in [-0.2, 0) is 19.1 Å². The first-order valence-corrected chi connectivity index (χ1v) is 13.6. The van der Waals surface area contributed by atoms with E-state index in [4.69, 9.17) is 21.1 Å². The summed E-state index contributed by atoms with van der Waals surface area (Å²) in [6.07, 6.45) is -0.563. The maximum atomic E-state index is 17.6. The van der Waals surface area contributed by atoms with E-state index in [1.54, 1.807) is 6.92 Å². The van der Waals surface area contributed by atoms with E-state index in [1.807, 2.05) is 6.92 Å². The Kier molecular flexibility index (Phi) is 4.95. The number of benzene rings is 1. The van der Waals surface area contributed by atoms with Gasteiger partial charge in [-0.1, -0.05) is 44.5 Å². The molecule has 0 amide bonds. The van der Waals surface area contributed by atoms with Crippen LogP contribution in [0, 0.1) is 22.7 Å². The molecule has 210 valence electrons. The third-order valence-corrected chi connectivity index (χ3v) is 10.2. The van der Waals surface area contributed by atoms with Crippen molar-refractivity contribution < 1.29 is 44.5 Å². The Bertz CT molecular complexity index is 1470. The first-order chi connectivity index (χ1) is 20.6. The zero-order valence-corrected chi connectivity index (χ0v) is 22.2. The summed E-state index contributed by atoms with van der Waals surface area (Å²) in [6.45, 7) is 4.40. The molecule has 1 heterocycles. The molecular weight excluding hydrogens is 506 g/mol. The lowest BCUT2D eigenvalue weighted by Crippen LogP contribution is -2.71. The highest BCUT2D eigenvalue weighted by atomic mass is 19.1. The number of para-hydroxylation sites is 1. The fourth-order valence-corrected chi connectivity index (χ4v) is 8.44. The number of alkyl halides is 2. The highest BCUT2D eigenvalue weighted by Crippen LogP contribution is 2.72. The predicted octanol–water partition coefficient (Wildman–Crippen LogP) is 4.84. The van der Waals surface area contributed by atoms with Crippen LogP contribution in [0.3, 0.4) is 0 Å². The van der Waals surface area contributed by atoms with Gasteiger partial charge in [0.15, 0.2) is 23.3 Å². The normalized spacial score (nSPS) is 47.9. The lowest BCUT2D eigenvalue weighted by Gasteiger charge is -2.63. The van der Waals surface area contributed by atoms with E-state index in [-0.39, 0.29) is 24.8 Å². The number of aliphatic hydroxyl groups excluding tert-OH is 1. The van der Waals surface area contributed by atoms with Gasteiger partial charge in [-0.25, -0.2) is 8.78 Å². The molecule has 4 aliphatic carbocycles. The van der Waals surface area contributed by atoms with Crippen molar-refractivity contribution in [1.29, 1.82) is 0 Å². The van der Waals surface area contributed by atoms with Crippen molar-refractivity contribution >= 4 is 11.6 Å². The number of Topliss-reactive ketones (excluding diaryl/α,β-unsaturated/α-hetero) is 1. The number of ether oxygens (including phenoxy) is 3. The number of carbonyl (C=O) groups is 2. The lowest BCUT2D eigenvalue weighted by atomic mass is 9.44. The van der Waals surface area contributed by atoms with Crippen LogP contribution in [0.5, 0.6) is 5.75 Å². The van der Waals surface area contributed by atoms with Gasteiger partial charge in [0.1, 0.15) is 18.5 Å². The summed E-state index contributed by atoms with van der Waals surface area (Å²) in [5.41, 5.74) is -6.92. The van der Waals surface area contributed by atoms with Gasteiger partial charge in [0, 0.05) is 16.7 Å². The van der Waals surface area contributed by atoms with Gasteiger partial charge in [-0.3, -0.25) is 9.59 Å². The van der Waals surface area contributed by atoms with Crippen LogP contribution in [0.4, 0.5) is 8.78 Å². The van der Waals surface area contributed by atoms with E-state index in [0.29, 0.717) is 12.8 Å². The minimum absolute atomic E-state index is 0.00193. The van der Waals surface area contributed by atoms with Crippen LogP contribution in [0.25, 0.3) is 0 Å². The topological polar surface area (TPSA) is 82.1 Å². The molecule has 0 aromatic heterocycles. The molecule has 6 nitrogen and oxygen atoms in total. The molecule has 0 bridgehead atoms. The largest absolute Gasteiger partial charge is 0.486 e. The molecule has 4 fully saturated rings. The third kappa shape index (κ3) is 3.47. The number of ketones is 2. The summed E-state index contributed by atoms with van der Waals surface area (Å²) in [7, 11) is 0. The average Bonchev–Trinajstić information content (AvgIpc) is 3.45. The van der Waals surface area contributed by atoms with Crippen LogP contribution in [0.15, 0.2) is 54.0 Å². The summed E-state index contributed by atoms with van der Waals surface area (Å²) in [5, 5.41) is 11.7. The monoisotopic (exact) mass is 547 g/mol. The Morgan fingerprint density at radius 2 is 1.97 bits per heavy atom. The van der Waals surface area contributed by atoms with Crippen molar-refractivity contribution in [3.63, 3.8) is 0 Å². The molecule has 1 aromatic carbocycles. The number of halogens is 2. The minimum Gasteiger partial charge on any atom is -0.486 e. The van der Waals surface area contributed by atoms with E-state index < -0.39 is 113 Å². The van der Waals surface area contributed by atoms with E-state index in [9.17, 15) is 14.7 Å². The molecule has 1 unspecified atom stereocenters. The van der Waals surface area contributed by atoms with E-state index in [1.165, 1.54) is 19.1 Å². The van der Waals surface area contributed by atoms with Gasteiger partial charge >= 0.3 is 0 Å². The molecule has 0 radical (unpaired) electrons. The highest BCUT2D eigenvalue weighted by Gasteiger charge is 2.80. The molecule has 1 aromatic rings. The van der Waals surface area contributed by atoms with Crippen molar-refractivity contribution in [1.82, 2.24) is 0 Å². The molecule has 39 heavy (non-hydrogen) atoms. The Labute approximate surface area is 234 Å². The summed E-state index contributed by atoms with van der Waals surface area (Å²) in [4.78, 5) is 26.5. The molecule has 1 saturated heterocycles. The van der Waals surface area contributed by atoms with E-state index in [0.717, 1.165) is 6.08 Å². The molecule has 6 rings (SSSR count). The second kappa shape index (κ2) is 9.05. The Morgan fingerprint density at radius 1 is 1.23 bits per heavy atom. The predicted molar refractivity (Wildman–Crippen MR) is 138 cm³/mol. The number of allylic oxidation sites excluding steroid dienone is 4. The Hall–Kier alpha value is -2.42. The molecular formula is C31H36F2O6. The van der Waals surface area contributed by atoms with Crippen molar-refractivity contribution in [2.75, 3.05) is 6.61 Å². The summed E-state index contributed by atoms with van der Waals surface area (Å²) < 4.78 is 91.8. The number of fused-ring (bicyclic) bond motifs is 7. The fourth-order valence-electron chi connectivity index (χ4n) is 8.44.